The molecule has 0 saturated heterocycles. The van der Waals surface area contributed by atoms with Crippen LogP contribution in [0.25, 0.3) is 0 Å². The van der Waals surface area contributed by atoms with E-state index in [1.165, 1.54) is 29.5 Å². The molecule has 1 unspecified atom stereocenters. The number of aliphatic hydroxyl groups is 1. The van der Waals surface area contributed by atoms with Gasteiger partial charge < -0.3 is 10.4 Å². The predicted molar refractivity (Wildman–Crippen MR) is 87.1 cm³/mol. The van der Waals surface area contributed by atoms with Gasteiger partial charge in [0, 0.05) is 6.54 Å². The fourth-order valence-electron chi connectivity index (χ4n) is 2.07. The fraction of sp³-hybridized carbons (Fsp3) is 0.312. The number of amides is 1. The Balaban J connectivity index is 2.01. The Labute approximate surface area is 137 Å². The molecule has 118 valence electrons. The van der Waals surface area contributed by atoms with E-state index in [-0.39, 0.29) is 23.4 Å². The lowest BCUT2D eigenvalue weighted by Crippen LogP contribution is -2.28. The number of thiophene rings is 1. The zero-order valence-electron chi connectivity index (χ0n) is 12.3. The van der Waals surface area contributed by atoms with E-state index < -0.39 is 11.9 Å². The first-order valence-corrected chi connectivity index (χ1v) is 8.14. The van der Waals surface area contributed by atoms with E-state index in [0.29, 0.717) is 10.4 Å². The van der Waals surface area contributed by atoms with Crippen LogP contribution in [0.15, 0.2) is 29.6 Å². The molecule has 1 amide bonds. The zero-order chi connectivity index (χ0) is 16.3. The molecule has 3 nitrogen and oxygen atoms in total. The van der Waals surface area contributed by atoms with Gasteiger partial charge in [-0.15, -0.1) is 11.3 Å². The van der Waals surface area contributed by atoms with Crippen LogP contribution in [0.2, 0.25) is 5.02 Å². The largest absolute Gasteiger partial charge is 0.387 e. The number of aliphatic hydroxyl groups excluding tert-OH is 1. The van der Waals surface area contributed by atoms with Crippen LogP contribution in [0.1, 0.15) is 46.7 Å². The second kappa shape index (κ2) is 7.22. The van der Waals surface area contributed by atoms with E-state index in [4.69, 9.17) is 11.6 Å². The maximum Gasteiger partial charge on any atom is 0.261 e. The van der Waals surface area contributed by atoms with Crippen molar-refractivity contribution in [2.75, 3.05) is 6.54 Å². The summed E-state index contributed by atoms with van der Waals surface area (Å²) in [6.07, 6.45) is -0.988. The highest BCUT2D eigenvalue weighted by Gasteiger charge is 2.17. The summed E-state index contributed by atoms with van der Waals surface area (Å²) in [6.45, 7) is 4.05. The molecule has 1 aromatic carbocycles. The number of nitrogens with one attached hydrogen (secondary N) is 1. The Morgan fingerprint density at radius 1 is 1.41 bits per heavy atom. The molecule has 0 aliphatic heterocycles. The van der Waals surface area contributed by atoms with Gasteiger partial charge in [0.2, 0.25) is 0 Å². The molecule has 22 heavy (non-hydrogen) atoms. The van der Waals surface area contributed by atoms with E-state index in [0.717, 1.165) is 5.56 Å². The highest BCUT2D eigenvalue weighted by atomic mass is 35.5. The first kappa shape index (κ1) is 16.9. The number of benzene rings is 1. The lowest BCUT2D eigenvalue weighted by Gasteiger charge is -2.13. The highest BCUT2D eigenvalue weighted by molar-refractivity contribution is 7.12. The summed E-state index contributed by atoms with van der Waals surface area (Å²) in [5.41, 5.74) is 1.35. The van der Waals surface area contributed by atoms with Gasteiger partial charge in [-0.2, -0.15) is 0 Å². The average Bonchev–Trinajstić information content (AvgIpc) is 2.97. The number of carbonyl (C=O) groups is 1. The number of hydrogen-bond acceptors (Lipinski definition) is 3. The molecule has 1 heterocycles. The Hall–Kier alpha value is -1.43. The molecule has 2 rings (SSSR count). The van der Waals surface area contributed by atoms with Crippen LogP contribution in [-0.4, -0.2) is 17.6 Å². The van der Waals surface area contributed by atoms with E-state index in [9.17, 15) is 14.3 Å². The minimum Gasteiger partial charge on any atom is -0.387 e. The number of halogens is 2. The Morgan fingerprint density at radius 2 is 2.14 bits per heavy atom. The van der Waals surface area contributed by atoms with Crippen LogP contribution in [0.3, 0.4) is 0 Å². The molecule has 0 aliphatic carbocycles. The zero-order valence-corrected chi connectivity index (χ0v) is 13.8. The van der Waals surface area contributed by atoms with Gasteiger partial charge in [-0.25, -0.2) is 4.39 Å². The van der Waals surface area contributed by atoms with Gasteiger partial charge in [-0.1, -0.05) is 31.5 Å². The van der Waals surface area contributed by atoms with Gasteiger partial charge in [-0.05, 0) is 40.6 Å². The second-order valence-electron chi connectivity index (χ2n) is 5.26. The summed E-state index contributed by atoms with van der Waals surface area (Å²) < 4.78 is 13.4. The third-order valence-electron chi connectivity index (χ3n) is 3.31. The van der Waals surface area contributed by atoms with Crippen molar-refractivity contribution in [3.63, 3.8) is 0 Å². The summed E-state index contributed by atoms with van der Waals surface area (Å²) in [5.74, 6) is -0.570. The predicted octanol–water partition coefficient (Wildman–Crippen LogP) is 4.13. The molecule has 0 bridgehead atoms. The maximum absolute atomic E-state index is 13.4. The maximum atomic E-state index is 13.4. The standard InChI is InChI=1S/C16H17ClFNO2S/c1-9(2)11-5-6-22-15(11)16(21)19-8-14(20)10-3-4-12(17)13(18)7-10/h3-7,9,14,20H,8H2,1-2H3,(H,19,21). The van der Waals surface area contributed by atoms with Crippen LogP contribution < -0.4 is 5.32 Å². The van der Waals surface area contributed by atoms with Gasteiger partial charge in [-0.3, -0.25) is 4.79 Å². The molecule has 6 heteroatoms. The Bertz CT molecular complexity index is 672. The monoisotopic (exact) mass is 341 g/mol. The van der Waals surface area contributed by atoms with E-state index >= 15 is 0 Å². The Kier molecular flexibility index (Phi) is 5.56. The van der Waals surface area contributed by atoms with Crippen molar-refractivity contribution in [2.24, 2.45) is 0 Å². The molecule has 1 atom stereocenters. The lowest BCUT2D eigenvalue weighted by atomic mass is 10.0. The van der Waals surface area contributed by atoms with Crippen molar-refractivity contribution in [3.05, 3.63) is 56.5 Å². The lowest BCUT2D eigenvalue weighted by molar-refractivity contribution is 0.0919. The van der Waals surface area contributed by atoms with Gasteiger partial charge in [0.25, 0.3) is 5.91 Å². The van der Waals surface area contributed by atoms with E-state index in [1.807, 2.05) is 25.3 Å². The van der Waals surface area contributed by atoms with Gasteiger partial charge in [0.1, 0.15) is 5.82 Å². The van der Waals surface area contributed by atoms with Crippen molar-refractivity contribution in [1.29, 1.82) is 0 Å². The SMILES string of the molecule is CC(C)c1ccsc1C(=O)NCC(O)c1ccc(Cl)c(F)c1. The molecule has 0 radical (unpaired) electrons. The summed E-state index contributed by atoms with van der Waals surface area (Å²) in [6, 6.07) is 6.01. The first-order chi connectivity index (χ1) is 10.4. The minimum absolute atomic E-state index is 0.000135. The van der Waals surface area contributed by atoms with Crippen molar-refractivity contribution in [3.8, 4) is 0 Å². The average molecular weight is 342 g/mol. The quantitative estimate of drug-likeness (QED) is 0.859. The normalized spacial score (nSPS) is 12.5. The number of rotatable bonds is 5. The second-order valence-corrected chi connectivity index (χ2v) is 6.58. The summed E-state index contributed by atoms with van der Waals surface area (Å²) in [4.78, 5) is 12.8. The highest BCUT2D eigenvalue weighted by Crippen LogP contribution is 2.25. The number of carbonyl (C=O) groups excluding carboxylic acids is 1. The van der Waals surface area contributed by atoms with Crippen LogP contribution in [0.5, 0.6) is 0 Å². The first-order valence-electron chi connectivity index (χ1n) is 6.88. The molecule has 0 saturated carbocycles. The molecule has 0 fully saturated rings. The van der Waals surface area contributed by atoms with Crippen LogP contribution in [-0.2, 0) is 0 Å². The molecular weight excluding hydrogens is 325 g/mol. The third-order valence-corrected chi connectivity index (χ3v) is 4.54. The minimum atomic E-state index is -0.988. The van der Waals surface area contributed by atoms with Gasteiger partial charge in [0.15, 0.2) is 0 Å². The summed E-state index contributed by atoms with van der Waals surface area (Å²) in [7, 11) is 0. The molecule has 0 aliphatic rings. The van der Waals surface area contributed by atoms with Crippen LogP contribution in [0.4, 0.5) is 4.39 Å². The molecule has 1 aromatic heterocycles. The topological polar surface area (TPSA) is 49.3 Å². The molecule has 2 aromatic rings. The fourth-order valence-corrected chi connectivity index (χ4v) is 3.15. The van der Waals surface area contributed by atoms with Crippen molar-refractivity contribution in [1.82, 2.24) is 5.32 Å². The van der Waals surface area contributed by atoms with Crippen molar-refractivity contribution < 1.29 is 14.3 Å². The molecule has 0 spiro atoms. The number of hydrogen-bond donors (Lipinski definition) is 2. The van der Waals surface area contributed by atoms with Crippen molar-refractivity contribution >= 4 is 28.8 Å². The summed E-state index contributed by atoms with van der Waals surface area (Å²) >= 11 is 6.97. The molecular formula is C16H17ClFNO2S. The van der Waals surface area contributed by atoms with Crippen LogP contribution in [0, 0.1) is 5.82 Å². The van der Waals surface area contributed by atoms with Crippen LogP contribution >= 0.6 is 22.9 Å². The summed E-state index contributed by atoms with van der Waals surface area (Å²) in [5, 5.41) is 14.6. The van der Waals surface area contributed by atoms with Gasteiger partial charge >= 0.3 is 0 Å². The molecule has 2 N–H and O–H groups in total. The van der Waals surface area contributed by atoms with E-state index in [1.54, 1.807) is 0 Å². The smallest absolute Gasteiger partial charge is 0.261 e. The third kappa shape index (κ3) is 3.85. The van der Waals surface area contributed by atoms with Crippen molar-refractivity contribution in [2.45, 2.75) is 25.9 Å². The Morgan fingerprint density at radius 3 is 2.77 bits per heavy atom. The van der Waals surface area contributed by atoms with E-state index in [2.05, 4.69) is 5.32 Å². The van der Waals surface area contributed by atoms with Gasteiger partial charge in [0.05, 0.1) is 16.0 Å².